The first-order valence-corrected chi connectivity index (χ1v) is 5.73. The summed E-state index contributed by atoms with van der Waals surface area (Å²) < 4.78 is 4.92. The van der Waals surface area contributed by atoms with Gasteiger partial charge in [-0.05, 0) is 25.7 Å². The Morgan fingerprint density at radius 3 is 2.81 bits per heavy atom. The molecule has 0 radical (unpaired) electrons. The number of amides is 1. The maximum Gasteiger partial charge on any atom is 0.239 e. The molecule has 94 valence electrons. The molecule has 0 fully saturated rings. The summed E-state index contributed by atoms with van der Waals surface area (Å²) in [6, 6.07) is -0.399. The molecular formula is C12H24N2O2. The van der Waals surface area contributed by atoms with Crippen molar-refractivity contribution < 1.29 is 9.53 Å². The highest BCUT2D eigenvalue weighted by atomic mass is 16.5. The van der Waals surface area contributed by atoms with Crippen LogP contribution in [0.25, 0.3) is 0 Å². The molecule has 0 bridgehead atoms. The third kappa shape index (κ3) is 6.58. The number of hydrogen-bond acceptors (Lipinski definition) is 3. The predicted molar refractivity (Wildman–Crippen MR) is 66.2 cm³/mol. The molecule has 0 aliphatic carbocycles. The van der Waals surface area contributed by atoms with Crippen molar-refractivity contribution in [2.24, 2.45) is 5.73 Å². The minimum Gasteiger partial charge on any atom is -0.385 e. The van der Waals surface area contributed by atoms with Crippen LogP contribution in [0.2, 0.25) is 0 Å². The summed E-state index contributed by atoms with van der Waals surface area (Å²) in [7, 11) is 3.44. The van der Waals surface area contributed by atoms with Gasteiger partial charge in [0, 0.05) is 27.3 Å². The smallest absolute Gasteiger partial charge is 0.239 e. The summed E-state index contributed by atoms with van der Waals surface area (Å²) in [5.41, 5.74) is 5.80. The molecule has 0 rings (SSSR count). The molecule has 0 aromatic carbocycles. The first-order valence-electron chi connectivity index (χ1n) is 5.73. The van der Waals surface area contributed by atoms with E-state index in [9.17, 15) is 4.79 Å². The van der Waals surface area contributed by atoms with Crippen molar-refractivity contribution in [2.45, 2.75) is 31.7 Å². The van der Waals surface area contributed by atoms with Crippen molar-refractivity contribution in [3.05, 3.63) is 12.7 Å². The highest BCUT2D eigenvalue weighted by Gasteiger charge is 2.16. The van der Waals surface area contributed by atoms with Crippen LogP contribution in [0.3, 0.4) is 0 Å². The van der Waals surface area contributed by atoms with Gasteiger partial charge in [0.15, 0.2) is 0 Å². The Hall–Kier alpha value is -0.870. The Balaban J connectivity index is 3.77. The Labute approximate surface area is 98.4 Å². The van der Waals surface area contributed by atoms with Crippen LogP contribution in [0.4, 0.5) is 0 Å². The van der Waals surface area contributed by atoms with Crippen LogP contribution in [-0.4, -0.2) is 44.2 Å². The summed E-state index contributed by atoms with van der Waals surface area (Å²) >= 11 is 0. The minimum absolute atomic E-state index is 0.0140. The summed E-state index contributed by atoms with van der Waals surface area (Å²) in [5, 5.41) is 0. The standard InChI is InChI=1S/C12H24N2O2/c1-4-5-6-9-14(2)12(15)11(13)8-7-10-16-3/h4,11H,1,5-10,13H2,2-3H3. The Kier molecular flexibility index (Phi) is 8.85. The lowest BCUT2D eigenvalue weighted by Crippen LogP contribution is -2.42. The molecule has 1 unspecified atom stereocenters. The summed E-state index contributed by atoms with van der Waals surface area (Å²) in [6.07, 6.45) is 5.23. The summed E-state index contributed by atoms with van der Waals surface area (Å²) in [6.45, 7) is 5.04. The molecule has 0 aliphatic rings. The molecule has 0 spiro atoms. The molecule has 0 aromatic rings. The van der Waals surface area contributed by atoms with Crippen LogP contribution in [0.15, 0.2) is 12.7 Å². The van der Waals surface area contributed by atoms with Crippen molar-refractivity contribution in [1.82, 2.24) is 4.90 Å². The zero-order valence-corrected chi connectivity index (χ0v) is 10.4. The first-order chi connectivity index (χ1) is 7.63. The molecule has 1 amide bonds. The maximum absolute atomic E-state index is 11.8. The number of methoxy groups -OCH3 is 1. The predicted octanol–water partition coefficient (Wildman–Crippen LogP) is 1.16. The average Bonchev–Trinajstić information content (AvgIpc) is 2.28. The van der Waals surface area contributed by atoms with E-state index in [1.165, 1.54) is 0 Å². The molecule has 2 N–H and O–H groups in total. The number of carbonyl (C=O) groups is 1. The molecule has 0 aromatic heterocycles. The molecule has 0 aliphatic heterocycles. The highest BCUT2D eigenvalue weighted by Crippen LogP contribution is 2.01. The molecule has 4 heteroatoms. The number of nitrogens with zero attached hydrogens (tertiary/aromatic N) is 1. The fourth-order valence-electron chi connectivity index (χ4n) is 1.44. The molecule has 4 nitrogen and oxygen atoms in total. The van der Waals surface area contributed by atoms with E-state index in [-0.39, 0.29) is 5.91 Å². The van der Waals surface area contributed by atoms with Gasteiger partial charge >= 0.3 is 0 Å². The van der Waals surface area contributed by atoms with Gasteiger partial charge in [-0.25, -0.2) is 0 Å². The molecule has 16 heavy (non-hydrogen) atoms. The van der Waals surface area contributed by atoms with E-state index in [0.29, 0.717) is 13.0 Å². The maximum atomic E-state index is 11.8. The van der Waals surface area contributed by atoms with Crippen molar-refractivity contribution in [1.29, 1.82) is 0 Å². The summed E-state index contributed by atoms with van der Waals surface area (Å²) in [4.78, 5) is 13.5. The topological polar surface area (TPSA) is 55.6 Å². The van der Waals surface area contributed by atoms with E-state index in [2.05, 4.69) is 6.58 Å². The third-order valence-corrected chi connectivity index (χ3v) is 2.46. The minimum atomic E-state index is -0.399. The van der Waals surface area contributed by atoms with Crippen LogP contribution >= 0.6 is 0 Å². The number of hydrogen-bond donors (Lipinski definition) is 1. The number of carbonyl (C=O) groups excluding carboxylic acids is 1. The van der Waals surface area contributed by atoms with Gasteiger partial charge in [0.05, 0.1) is 6.04 Å². The van der Waals surface area contributed by atoms with Gasteiger partial charge in [-0.1, -0.05) is 6.08 Å². The number of unbranched alkanes of at least 4 members (excludes halogenated alkanes) is 1. The molecule has 0 heterocycles. The van der Waals surface area contributed by atoms with Gasteiger partial charge in [0.1, 0.15) is 0 Å². The van der Waals surface area contributed by atoms with Gasteiger partial charge in [-0.2, -0.15) is 0 Å². The Morgan fingerprint density at radius 2 is 2.25 bits per heavy atom. The summed E-state index contributed by atoms with van der Waals surface area (Å²) in [5.74, 6) is 0.0140. The molecule has 0 saturated carbocycles. The quantitative estimate of drug-likeness (QED) is 0.476. The number of rotatable bonds is 9. The zero-order valence-electron chi connectivity index (χ0n) is 10.4. The van der Waals surface area contributed by atoms with Gasteiger partial charge < -0.3 is 15.4 Å². The van der Waals surface area contributed by atoms with Crippen LogP contribution in [0.5, 0.6) is 0 Å². The van der Waals surface area contributed by atoms with E-state index >= 15 is 0 Å². The van der Waals surface area contributed by atoms with Gasteiger partial charge in [-0.3, -0.25) is 4.79 Å². The second kappa shape index (κ2) is 9.36. The average molecular weight is 228 g/mol. The van der Waals surface area contributed by atoms with Crippen molar-refractivity contribution in [3.63, 3.8) is 0 Å². The lowest BCUT2D eigenvalue weighted by molar-refractivity contribution is -0.131. The van der Waals surface area contributed by atoms with Crippen LogP contribution in [-0.2, 0) is 9.53 Å². The third-order valence-electron chi connectivity index (χ3n) is 2.46. The highest BCUT2D eigenvalue weighted by molar-refractivity contribution is 5.81. The van der Waals surface area contributed by atoms with Gasteiger partial charge in [0.2, 0.25) is 5.91 Å². The molecular weight excluding hydrogens is 204 g/mol. The Morgan fingerprint density at radius 1 is 1.56 bits per heavy atom. The second-order valence-corrected chi connectivity index (χ2v) is 3.93. The number of allylic oxidation sites excluding steroid dienone is 1. The fourth-order valence-corrected chi connectivity index (χ4v) is 1.44. The largest absolute Gasteiger partial charge is 0.385 e. The van der Waals surface area contributed by atoms with Gasteiger partial charge in [-0.15, -0.1) is 6.58 Å². The SMILES string of the molecule is C=CCCCN(C)C(=O)C(N)CCCOC. The normalized spacial score (nSPS) is 12.2. The number of nitrogens with two attached hydrogens (primary N) is 1. The van der Waals surface area contributed by atoms with E-state index in [4.69, 9.17) is 10.5 Å². The fraction of sp³-hybridized carbons (Fsp3) is 0.750. The van der Waals surface area contributed by atoms with Crippen LogP contribution < -0.4 is 5.73 Å². The number of likely N-dealkylation sites (N-methyl/N-ethyl adjacent to an activating group) is 1. The monoisotopic (exact) mass is 228 g/mol. The first kappa shape index (κ1) is 15.1. The van der Waals surface area contributed by atoms with Crippen molar-refractivity contribution >= 4 is 5.91 Å². The second-order valence-electron chi connectivity index (χ2n) is 3.93. The van der Waals surface area contributed by atoms with E-state index in [1.54, 1.807) is 19.1 Å². The zero-order chi connectivity index (χ0) is 12.4. The van der Waals surface area contributed by atoms with Crippen molar-refractivity contribution in [3.8, 4) is 0 Å². The van der Waals surface area contributed by atoms with E-state index in [1.807, 2.05) is 6.08 Å². The molecule has 1 atom stereocenters. The lowest BCUT2D eigenvalue weighted by Gasteiger charge is -2.21. The van der Waals surface area contributed by atoms with Gasteiger partial charge in [0.25, 0.3) is 0 Å². The Bertz CT molecular complexity index is 207. The van der Waals surface area contributed by atoms with E-state index in [0.717, 1.165) is 25.8 Å². The number of ether oxygens (including phenoxy) is 1. The van der Waals surface area contributed by atoms with Crippen molar-refractivity contribution in [2.75, 3.05) is 27.3 Å². The van der Waals surface area contributed by atoms with E-state index < -0.39 is 6.04 Å². The van der Waals surface area contributed by atoms with Crippen LogP contribution in [0, 0.1) is 0 Å². The lowest BCUT2D eigenvalue weighted by atomic mass is 10.1. The molecule has 0 saturated heterocycles. The van der Waals surface area contributed by atoms with Crippen LogP contribution in [0.1, 0.15) is 25.7 Å².